The number of para-hydroxylation sites is 1. The maximum Gasteiger partial charge on any atom is 0.321 e. The van der Waals surface area contributed by atoms with Crippen LogP contribution in [0, 0.1) is 3.57 Å². The summed E-state index contributed by atoms with van der Waals surface area (Å²) in [6.07, 6.45) is -6.59. The average molecular weight is 592 g/mol. The molecule has 2 rings (SSSR count). The van der Waals surface area contributed by atoms with Gasteiger partial charge in [-0.25, -0.2) is 4.79 Å². The predicted octanol–water partition coefficient (Wildman–Crippen LogP) is 1.50. The summed E-state index contributed by atoms with van der Waals surface area (Å²) in [4.78, 5) is 59.4. The number of carbonyl (C=O) groups excluding carboxylic acids is 5. The van der Waals surface area contributed by atoms with Crippen LogP contribution < -0.4 is 10.6 Å². The summed E-state index contributed by atoms with van der Waals surface area (Å²) in [6, 6.07) is 6.26. The lowest BCUT2D eigenvalue weighted by molar-refractivity contribution is -0.255. The van der Waals surface area contributed by atoms with Gasteiger partial charge in [-0.15, -0.1) is 0 Å². The summed E-state index contributed by atoms with van der Waals surface area (Å²) < 4.78 is 27.5. The van der Waals surface area contributed by atoms with Crippen LogP contribution in [-0.4, -0.2) is 67.2 Å². The molecular weight excluding hydrogens is 567 g/mol. The van der Waals surface area contributed by atoms with Gasteiger partial charge in [0.15, 0.2) is 24.5 Å². The van der Waals surface area contributed by atoms with Crippen molar-refractivity contribution in [3.05, 3.63) is 27.8 Å². The predicted molar refractivity (Wildman–Crippen MR) is 123 cm³/mol. The zero-order chi connectivity index (χ0) is 25.4. The fourth-order valence-corrected chi connectivity index (χ4v) is 3.72. The second-order valence-electron chi connectivity index (χ2n) is 7.20. The second kappa shape index (κ2) is 12.5. The molecule has 13 heteroatoms. The Balaban J connectivity index is 2.37. The number of amides is 2. The van der Waals surface area contributed by atoms with Gasteiger partial charge in [0.25, 0.3) is 0 Å². The third kappa shape index (κ3) is 8.13. The molecule has 1 aliphatic heterocycles. The number of carbonyl (C=O) groups is 5. The maximum absolute atomic E-state index is 12.7. The van der Waals surface area contributed by atoms with E-state index in [1.165, 1.54) is 6.92 Å². The first-order valence-electron chi connectivity index (χ1n) is 10.1. The fourth-order valence-electron chi connectivity index (χ4n) is 3.19. The Morgan fingerprint density at radius 2 is 1.41 bits per heavy atom. The number of esters is 4. The van der Waals surface area contributed by atoms with E-state index in [-0.39, 0.29) is 0 Å². The highest BCUT2D eigenvalue weighted by molar-refractivity contribution is 14.1. The fraction of sp³-hybridized carbons (Fsp3) is 0.476. The van der Waals surface area contributed by atoms with Crippen LogP contribution in [0.4, 0.5) is 10.5 Å². The molecular formula is C21H25IN2O10. The summed E-state index contributed by atoms with van der Waals surface area (Å²) in [5, 5.41) is 5.16. The van der Waals surface area contributed by atoms with E-state index in [4.69, 9.17) is 23.7 Å². The first-order chi connectivity index (χ1) is 16.0. The Bertz CT molecular complexity index is 940. The van der Waals surface area contributed by atoms with Gasteiger partial charge in [0.1, 0.15) is 12.7 Å². The minimum absolute atomic E-state index is 0.395. The molecule has 1 aromatic carbocycles. The molecule has 0 spiro atoms. The molecule has 186 valence electrons. The Morgan fingerprint density at radius 3 is 1.97 bits per heavy atom. The van der Waals surface area contributed by atoms with Gasteiger partial charge in [0, 0.05) is 31.3 Å². The minimum atomic E-state index is -1.39. The van der Waals surface area contributed by atoms with Crippen molar-refractivity contribution < 1.29 is 47.7 Å². The normalized spacial score (nSPS) is 23.7. The van der Waals surface area contributed by atoms with Crippen molar-refractivity contribution in [1.29, 1.82) is 0 Å². The minimum Gasteiger partial charge on any atom is -0.463 e. The maximum atomic E-state index is 12.7. The highest BCUT2D eigenvalue weighted by Crippen LogP contribution is 2.28. The molecule has 0 aliphatic carbocycles. The van der Waals surface area contributed by atoms with E-state index in [0.717, 1.165) is 24.3 Å². The molecule has 2 N–H and O–H groups in total. The molecule has 1 heterocycles. The van der Waals surface area contributed by atoms with E-state index in [1.807, 2.05) is 22.6 Å². The smallest absolute Gasteiger partial charge is 0.321 e. The van der Waals surface area contributed by atoms with Crippen molar-refractivity contribution in [3.63, 3.8) is 0 Å². The van der Waals surface area contributed by atoms with Crippen molar-refractivity contribution in [3.8, 4) is 0 Å². The third-order valence-corrected chi connectivity index (χ3v) is 5.33. The Morgan fingerprint density at radius 1 is 0.853 bits per heavy atom. The first kappa shape index (κ1) is 27.3. The van der Waals surface area contributed by atoms with Crippen LogP contribution in [0.3, 0.4) is 0 Å². The monoisotopic (exact) mass is 592 g/mol. The molecule has 0 radical (unpaired) electrons. The lowest BCUT2D eigenvalue weighted by atomic mass is 9.97. The van der Waals surface area contributed by atoms with Gasteiger partial charge in [-0.3, -0.25) is 19.2 Å². The van der Waals surface area contributed by atoms with E-state index in [1.54, 1.807) is 24.3 Å². The van der Waals surface area contributed by atoms with Crippen LogP contribution in [0.15, 0.2) is 24.3 Å². The number of halogens is 1. The van der Waals surface area contributed by atoms with Crippen molar-refractivity contribution in [2.24, 2.45) is 0 Å². The molecule has 1 aromatic rings. The third-order valence-electron chi connectivity index (χ3n) is 4.39. The number of benzene rings is 1. The van der Waals surface area contributed by atoms with Crippen LogP contribution in [0.5, 0.6) is 0 Å². The molecule has 12 nitrogen and oxygen atoms in total. The lowest BCUT2D eigenvalue weighted by Gasteiger charge is -2.44. The van der Waals surface area contributed by atoms with Crippen LogP contribution in [0.25, 0.3) is 0 Å². The first-order valence-corrected chi connectivity index (χ1v) is 11.2. The quantitative estimate of drug-likeness (QED) is 0.270. The SMILES string of the molecule is CC(=O)OC[C@H]1O[C@@H](NC(=O)Nc2ccccc2I)[C@@H](OC(C)=O)[C@@H](OC(C)=O)[C@H]1OC(C)=O. The molecule has 1 saturated heterocycles. The average Bonchev–Trinajstić information content (AvgIpc) is 2.71. The highest BCUT2D eigenvalue weighted by Gasteiger charge is 2.52. The Hall–Kier alpha value is -2.94. The summed E-state index contributed by atoms with van der Waals surface area (Å²) in [7, 11) is 0. The van der Waals surface area contributed by atoms with Gasteiger partial charge >= 0.3 is 29.9 Å². The Labute approximate surface area is 209 Å². The van der Waals surface area contributed by atoms with E-state index >= 15 is 0 Å². The number of rotatable bonds is 7. The van der Waals surface area contributed by atoms with Crippen LogP contribution >= 0.6 is 22.6 Å². The summed E-state index contributed by atoms with van der Waals surface area (Å²) >= 11 is 2.04. The topological polar surface area (TPSA) is 156 Å². The summed E-state index contributed by atoms with van der Waals surface area (Å²) in [6.45, 7) is 4.11. The van der Waals surface area contributed by atoms with Crippen molar-refractivity contribution in [2.45, 2.75) is 58.3 Å². The van der Waals surface area contributed by atoms with E-state index in [0.29, 0.717) is 5.69 Å². The number of ether oxygens (including phenoxy) is 5. The van der Waals surface area contributed by atoms with Gasteiger partial charge in [0.2, 0.25) is 0 Å². The molecule has 0 unspecified atom stereocenters. The number of nitrogens with one attached hydrogen (secondary N) is 2. The highest BCUT2D eigenvalue weighted by atomic mass is 127. The second-order valence-corrected chi connectivity index (χ2v) is 8.36. The largest absolute Gasteiger partial charge is 0.463 e. The van der Waals surface area contributed by atoms with Gasteiger partial charge in [-0.05, 0) is 34.7 Å². The van der Waals surface area contributed by atoms with E-state index < -0.39 is 67.2 Å². The number of hydrogen-bond donors (Lipinski definition) is 2. The van der Waals surface area contributed by atoms with Crippen molar-refractivity contribution in [1.82, 2.24) is 5.32 Å². The van der Waals surface area contributed by atoms with Gasteiger partial charge in [-0.1, -0.05) is 12.1 Å². The molecule has 0 aromatic heterocycles. The van der Waals surface area contributed by atoms with Crippen molar-refractivity contribution in [2.75, 3.05) is 11.9 Å². The standard InChI is InChI=1S/C21H25IN2O10/c1-10(25)30-9-16-17(31-11(2)26)18(32-12(3)27)19(33-13(4)28)20(34-16)24-21(29)23-15-8-6-5-7-14(15)22/h5-8,16-20H,9H2,1-4H3,(H2,23,24,29)/t16-,17+,18+,19+,20-/m1/s1. The molecule has 0 saturated carbocycles. The molecule has 5 atom stereocenters. The zero-order valence-electron chi connectivity index (χ0n) is 18.9. The summed E-state index contributed by atoms with van der Waals surface area (Å²) in [5.74, 6) is -2.93. The van der Waals surface area contributed by atoms with Crippen molar-refractivity contribution >= 4 is 58.2 Å². The molecule has 0 bridgehead atoms. The zero-order valence-corrected chi connectivity index (χ0v) is 21.0. The van der Waals surface area contributed by atoms with E-state index in [2.05, 4.69) is 10.6 Å². The molecule has 1 aliphatic rings. The number of hydrogen-bond acceptors (Lipinski definition) is 10. The lowest BCUT2D eigenvalue weighted by Crippen LogP contribution is -2.66. The van der Waals surface area contributed by atoms with Gasteiger partial charge in [-0.2, -0.15) is 0 Å². The van der Waals surface area contributed by atoms with Crippen LogP contribution in [0.1, 0.15) is 27.7 Å². The van der Waals surface area contributed by atoms with Crippen LogP contribution in [-0.2, 0) is 42.9 Å². The van der Waals surface area contributed by atoms with Gasteiger partial charge < -0.3 is 34.3 Å². The summed E-state index contributed by atoms with van der Waals surface area (Å²) in [5.41, 5.74) is 0.506. The molecule has 1 fully saturated rings. The number of urea groups is 1. The van der Waals surface area contributed by atoms with E-state index in [9.17, 15) is 24.0 Å². The molecule has 34 heavy (non-hydrogen) atoms. The molecule has 2 amide bonds. The Kier molecular flexibility index (Phi) is 10.0. The van der Waals surface area contributed by atoms with Crippen LogP contribution in [0.2, 0.25) is 0 Å². The number of anilines is 1. The van der Waals surface area contributed by atoms with Gasteiger partial charge in [0.05, 0.1) is 5.69 Å².